The summed E-state index contributed by atoms with van der Waals surface area (Å²) in [4.78, 5) is 0. The molecule has 0 amide bonds. The van der Waals surface area contributed by atoms with E-state index in [0.717, 1.165) is 23.5 Å². The number of nitrogens with zero attached hydrogens (tertiary/aromatic N) is 1. The Hall–Kier alpha value is 0.537. The second kappa shape index (κ2) is 10.3. The van der Waals surface area contributed by atoms with Crippen molar-refractivity contribution in [3.05, 3.63) is 0 Å². The summed E-state index contributed by atoms with van der Waals surface area (Å²) >= 11 is 0. The van der Waals surface area contributed by atoms with Crippen molar-refractivity contribution in [2.24, 2.45) is 0 Å². The first-order chi connectivity index (χ1) is 7.89. The molecule has 0 saturated heterocycles. The first-order valence-electron chi connectivity index (χ1n) is 6.61. The van der Waals surface area contributed by atoms with Crippen molar-refractivity contribution in [3.63, 3.8) is 0 Å². The second-order valence-corrected chi connectivity index (χ2v) is 7.83. The molecule has 0 saturated carbocycles. The van der Waals surface area contributed by atoms with Crippen molar-refractivity contribution in [1.29, 1.82) is 0 Å². The molecule has 0 rings (SSSR count). The summed E-state index contributed by atoms with van der Waals surface area (Å²) < 4.78 is 18.4. The van der Waals surface area contributed by atoms with Crippen LogP contribution in [0.25, 0.3) is 0 Å². The molecule has 6 heteroatoms. The lowest BCUT2D eigenvalue weighted by molar-refractivity contribution is -0.870. The third kappa shape index (κ3) is 9.46. The molecule has 0 spiro atoms. The van der Waals surface area contributed by atoms with E-state index in [1.807, 2.05) is 20.8 Å². The molecule has 4 nitrogen and oxygen atoms in total. The van der Waals surface area contributed by atoms with E-state index in [0.29, 0.717) is 19.8 Å². The van der Waals surface area contributed by atoms with E-state index in [1.54, 1.807) is 0 Å². The molecule has 0 bridgehead atoms. The fourth-order valence-electron chi connectivity index (χ4n) is 1.77. The average Bonchev–Trinajstić information content (AvgIpc) is 2.16. The van der Waals surface area contributed by atoms with E-state index in [1.165, 1.54) is 0 Å². The van der Waals surface area contributed by atoms with Crippen LogP contribution in [0.1, 0.15) is 27.2 Å². The van der Waals surface area contributed by atoms with Gasteiger partial charge in [-0.15, -0.1) is 0 Å². The SMILES string of the molecule is CCO[Si](CCC[N+](C)(C)C)(OCC)OCC.[Br-]. The topological polar surface area (TPSA) is 27.7 Å². The fourth-order valence-corrected chi connectivity index (χ4v) is 4.36. The average molecular weight is 344 g/mol. The molecule has 0 radical (unpaired) electrons. The van der Waals surface area contributed by atoms with Gasteiger partial charge in [0, 0.05) is 32.3 Å². The zero-order chi connectivity index (χ0) is 13.4. The lowest BCUT2D eigenvalue weighted by atomic mass is 10.4. The third-order valence-corrected chi connectivity index (χ3v) is 5.56. The Morgan fingerprint density at radius 3 is 1.50 bits per heavy atom. The van der Waals surface area contributed by atoms with Crippen LogP contribution >= 0.6 is 0 Å². The zero-order valence-corrected chi connectivity index (χ0v) is 15.4. The van der Waals surface area contributed by atoms with Gasteiger partial charge in [-0.05, 0) is 20.8 Å². The normalized spacial score (nSPS) is 12.3. The molecule has 0 fully saturated rings. The van der Waals surface area contributed by atoms with Gasteiger partial charge in [0.25, 0.3) is 0 Å². The smallest absolute Gasteiger partial charge is 0.501 e. The summed E-state index contributed by atoms with van der Waals surface area (Å²) in [6.07, 6.45) is 1.08. The van der Waals surface area contributed by atoms with Crippen molar-refractivity contribution >= 4 is 8.80 Å². The summed E-state index contributed by atoms with van der Waals surface area (Å²) in [7, 11) is 4.19. The summed E-state index contributed by atoms with van der Waals surface area (Å²) in [5.74, 6) is 0. The lowest BCUT2D eigenvalue weighted by Gasteiger charge is -2.30. The third-order valence-electron chi connectivity index (χ3n) is 2.40. The van der Waals surface area contributed by atoms with Crippen LogP contribution in [-0.4, -0.2) is 60.8 Å². The maximum atomic E-state index is 5.81. The molecule has 0 aromatic carbocycles. The van der Waals surface area contributed by atoms with E-state index in [-0.39, 0.29) is 17.0 Å². The van der Waals surface area contributed by atoms with E-state index in [2.05, 4.69) is 21.1 Å². The monoisotopic (exact) mass is 343 g/mol. The van der Waals surface area contributed by atoms with Crippen molar-refractivity contribution in [2.75, 3.05) is 47.5 Å². The van der Waals surface area contributed by atoms with Gasteiger partial charge in [-0.1, -0.05) is 0 Å². The lowest BCUT2D eigenvalue weighted by Crippen LogP contribution is -3.00. The number of halogens is 1. The molecule has 0 aliphatic rings. The minimum absolute atomic E-state index is 0. The second-order valence-electron chi connectivity index (χ2n) is 5.10. The van der Waals surface area contributed by atoms with Gasteiger partial charge in [0.2, 0.25) is 0 Å². The highest BCUT2D eigenvalue weighted by atomic mass is 79.9. The van der Waals surface area contributed by atoms with Crippen molar-refractivity contribution in [2.45, 2.75) is 33.2 Å². The maximum Gasteiger partial charge on any atom is 0.501 e. The molecule has 18 heavy (non-hydrogen) atoms. The van der Waals surface area contributed by atoms with Gasteiger partial charge in [0.15, 0.2) is 0 Å². The largest absolute Gasteiger partial charge is 1.00 e. The first-order valence-corrected chi connectivity index (χ1v) is 8.54. The quantitative estimate of drug-likeness (QED) is 0.381. The molecule has 0 aromatic rings. The molecule has 0 heterocycles. The Kier molecular flexibility index (Phi) is 12.0. The van der Waals surface area contributed by atoms with Crippen LogP contribution in [0, 0.1) is 0 Å². The zero-order valence-electron chi connectivity index (χ0n) is 12.8. The van der Waals surface area contributed by atoms with Crippen molar-refractivity contribution < 1.29 is 34.7 Å². The summed E-state index contributed by atoms with van der Waals surface area (Å²) in [6.45, 7) is 9.10. The summed E-state index contributed by atoms with van der Waals surface area (Å²) in [5.41, 5.74) is 0. The molecule has 0 N–H and O–H groups in total. The van der Waals surface area contributed by atoms with Gasteiger partial charge >= 0.3 is 8.80 Å². The van der Waals surface area contributed by atoms with Crippen LogP contribution in [-0.2, 0) is 13.3 Å². The van der Waals surface area contributed by atoms with Gasteiger partial charge in [0.1, 0.15) is 0 Å². The minimum Gasteiger partial charge on any atom is -1.00 e. The Morgan fingerprint density at radius 1 is 0.833 bits per heavy atom. The van der Waals surface area contributed by atoms with E-state index in [4.69, 9.17) is 13.3 Å². The maximum absolute atomic E-state index is 5.81. The van der Waals surface area contributed by atoms with E-state index in [9.17, 15) is 0 Å². The molecule has 0 atom stereocenters. The standard InChI is InChI=1S/C12H30NO3Si.BrH/c1-7-14-17(15-8-2,16-9-3)12-10-11-13(4,5)6;/h7-12H2,1-6H3;1H/q+1;/p-1. The number of hydrogen-bond donors (Lipinski definition) is 0. The highest BCUT2D eigenvalue weighted by Gasteiger charge is 2.40. The molecule has 0 aliphatic carbocycles. The Bertz CT molecular complexity index is 183. The molecule has 112 valence electrons. The first kappa shape index (κ1) is 20.8. The highest BCUT2D eigenvalue weighted by molar-refractivity contribution is 6.60. The number of hydrogen-bond acceptors (Lipinski definition) is 3. The predicted octanol–water partition coefficient (Wildman–Crippen LogP) is -0.865. The molecule has 0 unspecified atom stereocenters. The van der Waals surface area contributed by atoms with Crippen LogP contribution in [0.4, 0.5) is 0 Å². The Morgan fingerprint density at radius 2 is 1.22 bits per heavy atom. The van der Waals surface area contributed by atoms with Gasteiger partial charge in [0.05, 0.1) is 27.7 Å². The van der Waals surface area contributed by atoms with Gasteiger partial charge in [-0.2, -0.15) is 0 Å². The van der Waals surface area contributed by atoms with E-state index < -0.39 is 8.80 Å². The molecule has 0 aliphatic heterocycles. The Balaban J connectivity index is 0. The van der Waals surface area contributed by atoms with Crippen molar-refractivity contribution in [3.8, 4) is 0 Å². The van der Waals surface area contributed by atoms with Crippen LogP contribution in [0.5, 0.6) is 0 Å². The number of quaternary nitrogens is 1. The van der Waals surface area contributed by atoms with Crippen LogP contribution in [0.3, 0.4) is 0 Å². The summed E-state index contributed by atoms with van der Waals surface area (Å²) in [5, 5.41) is 0. The molecule has 0 aromatic heterocycles. The summed E-state index contributed by atoms with van der Waals surface area (Å²) in [6, 6.07) is 0.915. The van der Waals surface area contributed by atoms with Gasteiger partial charge in [-0.25, -0.2) is 0 Å². The van der Waals surface area contributed by atoms with Crippen molar-refractivity contribution in [1.82, 2.24) is 0 Å². The van der Waals surface area contributed by atoms with E-state index >= 15 is 0 Å². The fraction of sp³-hybridized carbons (Fsp3) is 1.00. The van der Waals surface area contributed by atoms with Gasteiger partial charge < -0.3 is 34.7 Å². The molecular weight excluding hydrogens is 314 g/mol. The van der Waals surface area contributed by atoms with Crippen LogP contribution in [0.2, 0.25) is 6.04 Å². The van der Waals surface area contributed by atoms with Crippen LogP contribution in [0.15, 0.2) is 0 Å². The number of rotatable bonds is 10. The van der Waals surface area contributed by atoms with Gasteiger partial charge in [-0.3, -0.25) is 0 Å². The highest BCUT2D eigenvalue weighted by Crippen LogP contribution is 2.18. The minimum atomic E-state index is -2.41. The Labute approximate surface area is 124 Å². The molecular formula is C12H30BrNO3Si. The van der Waals surface area contributed by atoms with Crippen LogP contribution < -0.4 is 17.0 Å². The predicted molar refractivity (Wildman–Crippen MR) is 73.0 cm³/mol.